The normalized spacial score (nSPS) is 10.4. The monoisotopic (exact) mass is 309 g/mol. The molecule has 0 amide bonds. The minimum atomic E-state index is -0.299. The molecule has 0 unspecified atom stereocenters. The van der Waals surface area contributed by atoms with Gasteiger partial charge in [0.05, 0.1) is 4.47 Å². The molecule has 0 bridgehead atoms. The van der Waals surface area contributed by atoms with Gasteiger partial charge in [0.2, 0.25) is 0 Å². The summed E-state index contributed by atoms with van der Waals surface area (Å²) in [6, 6.07) is 12.0. The second-order valence-corrected chi connectivity index (χ2v) is 4.71. The van der Waals surface area contributed by atoms with Crippen molar-refractivity contribution in [3.05, 3.63) is 58.3 Å². The van der Waals surface area contributed by atoms with E-state index >= 15 is 0 Å². The molecule has 2 aromatic carbocycles. The van der Waals surface area contributed by atoms with E-state index in [-0.39, 0.29) is 5.82 Å². The van der Waals surface area contributed by atoms with Crippen molar-refractivity contribution >= 4 is 15.9 Å². The van der Waals surface area contributed by atoms with Crippen LogP contribution in [-0.2, 0) is 6.42 Å². The van der Waals surface area contributed by atoms with Crippen LogP contribution in [0.25, 0.3) is 0 Å². The average molecular weight is 310 g/mol. The molecular weight excluding hydrogens is 297 g/mol. The summed E-state index contributed by atoms with van der Waals surface area (Å²) in [5, 5.41) is 0. The summed E-state index contributed by atoms with van der Waals surface area (Å²) in [5.41, 5.74) is 6.65. The van der Waals surface area contributed by atoms with Gasteiger partial charge in [0, 0.05) is 0 Å². The summed E-state index contributed by atoms with van der Waals surface area (Å²) in [6.45, 7) is 0.629. The zero-order valence-corrected chi connectivity index (χ0v) is 11.3. The molecule has 0 aliphatic rings. The van der Waals surface area contributed by atoms with Crippen molar-refractivity contribution in [1.82, 2.24) is 0 Å². The van der Waals surface area contributed by atoms with E-state index in [4.69, 9.17) is 10.5 Å². The van der Waals surface area contributed by atoms with Crippen LogP contribution in [-0.4, -0.2) is 6.54 Å². The van der Waals surface area contributed by atoms with Crippen LogP contribution in [0.1, 0.15) is 5.56 Å². The number of ether oxygens (including phenoxy) is 1. The van der Waals surface area contributed by atoms with Gasteiger partial charge in [0.25, 0.3) is 0 Å². The number of hydrogen-bond donors (Lipinski definition) is 1. The van der Waals surface area contributed by atoms with Crippen LogP contribution in [0.4, 0.5) is 4.39 Å². The third kappa shape index (κ3) is 3.31. The molecular formula is C14H13BrFNO. The second-order valence-electron chi connectivity index (χ2n) is 3.86. The number of hydrogen-bond acceptors (Lipinski definition) is 2. The maximum atomic E-state index is 12.9. The highest BCUT2D eigenvalue weighted by Gasteiger charge is 2.04. The molecule has 2 aromatic rings. The number of halogens is 2. The van der Waals surface area contributed by atoms with Crippen molar-refractivity contribution in [2.45, 2.75) is 6.42 Å². The van der Waals surface area contributed by atoms with Crippen molar-refractivity contribution in [2.75, 3.05) is 6.54 Å². The topological polar surface area (TPSA) is 35.2 Å². The van der Waals surface area contributed by atoms with Crippen molar-refractivity contribution in [3.8, 4) is 11.5 Å². The van der Waals surface area contributed by atoms with Gasteiger partial charge in [-0.05, 0) is 64.8 Å². The molecule has 0 aliphatic carbocycles. The van der Waals surface area contributed by atoms with Crippen LogP contribution in [0, 0.1) is 5.82 Å². The first-order valence-corrected chi connectivity index (χ1v) is 6.40. The van der Waals surface area contributed by atoms with E-state index in [9.17, 15) is 4.39 Å². The van der Waals surface area contributed by atoms with Crippen LogP contribution in [0.5, 0.6) is 11.5 Å². The first-order valence-electron chi connectivity index (χ1n) is 5.61. The largest absolute Gasteiger partial charge is 0.456 e. The molecule has 2 rings (SSSR count). The first-order chi connectivity index (χ1) is 8.69. The summed E-state index contributed by atoms with van der Waals surface area (Å²) in [7, 11) is 0. The van der Waals surface area contributed by atoms with E-state index in [2.05, 4.69) is 15.9 Å². The Morgan fingerprint density at radius 2 is 1.83 bits per heavy atom. The molecule has 0 saturated heterocycles. The summed E-state index contributed by atoms with van der Waals surface area (Å²) in [5.74, 6) is 0.999. The highest BCUT2D eigenvalue weighted by atomic mass is 79.9. The first kappa shape index (κ1) is 13.1. The average Bonchev–Trinajstić information content (AvgIpc) is 2.35. The van der Waals surface area contributed by atoms with Crippen LogP contribution >= 0.6 is 15.9 Å². The van der Waals surface area contributed by atoms with Crippen LogP contribution in [0.2, 0.25) is 0 Å². The number of rotatable bonds is 4. The van der Waals surface area contributed by atoms with Gasteiger partial charge in [0.1, 0.15) is 17.3 Å². The van der Waals surface area contributed by atoms with Crippen LogP contribution in [0.15, 0.2) is 46.9 Å². The second kappa shape index (κ2) is 5.98. The molecule has 18 heavy (non-hydrogen) atoms. The van der Waals surface area contributed by atoms with Crippen molar-refractivity contribution in [3.63, 3.8) is 0 Å². The van der Waals surface area contributed by atoms with Gasteiger partial charge in [-0.2, -0.15) is 0 Å². The van der Waals surface area contributed by atoms with E-state index in [0.717, 1.165) is 6.42 Å². The van der Waals surface area contributed by atoms with Gasteiger partial charge in [-0.3, -0.25) is 0 Å². The molecule has 2 N–H and O–H groups in total. The van der Waals surface area contributed by atoms with Gasteiger partial charge in [0.15, 0.2) is 0 Å². The van der Waals surface area contributed by atoms with Crippen molar-refractivity contribution in [1.29, 1.82) is 0 Å². The Hall–Kier alpha value is -1.39. The summed E-state index contributed by atoms with van der Waals surface area (Å²) >= 11 is 3.26. The van der Waals surface area contributed by atoms with Gasteiger partial charge in [-0.25, -0.2) is 4.39 Å². The van der Waals surface area contributed by atoms with Gasteiger partial charge in [-0.1, -0.05) is 12.1 Å². The zero-order valence-electron chi connectivity index (χ0n) is 9.70. The molecule has 0 aliphatic heterocycles. The lowest BCUT2D eigenvalue weighted by Gasteiger charge is -2.08. The maximum Gasteiger partial charge on any atom is 0.141 e. The fraction of sp³-hybridized carbons (Fsp3) is 0.143. The van der Waals surface area contributed by atoms with E-state index in [1.54, 1.807) is 6.07 Å². The minimum Gasteiger partial charge on any atom is -0.456 e. The highest BCUT2D eigenvalue weighted by molar-refractivity contribution is 9.10. The Morgan fingerprint density at radius 3 is 2.44 bits per heavy atom. The Kier molecular flexibility index (Phi) is 4.33. The van der Waals surface area contributed by atoms with Crippen LogP contribution < -0.4 is 10.5 Å². The zero-order chi connectivity index (χ0) is 13.0. The third-order valence-electron chi connectivity index (χ3n) is 2.48. The van der Waals surface area contributed by atoms with Gasteiger partial charge in [-0.15, -0.1) is 0 Å². The molecule has 94 valence electrons. The Bertz CT molecular complexity index is 528. The number of nitrogens with two attached hydrogens (primary N) is 1. The number of benzene rings is 2. The molecule has 0 atom stereocenters. The molecule has 0 radical (unpaired) electrons. The third-order valence-corrected chi connectivity index (χ3v) is 3.10. The van der Waals surface area contributed by atoms with Gasteiger partial charge < -0.3 is 10.5 Å². The molecule has 0 fully saturated rings. The van der Waals surface area contributed by atoms with E-state index in [1.165, 1.54) is 17.7 Å². The maximum absolute atomic E-state index is 12.9. The molecule has 2 nitrogen and oxygen atoms in total. The standard InChI is InChI=1S/C14H13BrFNO/c15-13-9-11(16)3-6-14(13)18-12-4-1-10(2-5-12)7-8-17/h1-6,9H,7-8,17H2. The lowest BCUT2D eigenvalue weighted by Crippen LogP contribution is -2.02. The molecule has 0 spiro atoms. The summed E-state index contributed by atoms with van der Waals surface area (Å²) in [4.78, 5) is 0. The Morgan fingerprint density at radius 1 is 1.11 bits per heavy atom. The smallest absolute Gasteiger partial charge is 0.141 e. The fourth-order valence-electron chi connectivity index (χ4n) is 1.58. The van der Waals surface area contributed by atoms with Gasteiger partial charge >= 0.3 is 0 Å². The van der Waals surface area contributed by atoms with E-state index < -0.39 is 0 Å². The lowest BCUT2D eigenvalue weighted by molar-refractivity contribution is 0.477. The van der Waals surface area contributed by atoms with E-state index in [1.807, 2.05) is 24.3 Å². The van der Waals surface area contributed by atoms with Crippen molar-refractivity contribution < 1.29 is 9.13 Å². The quantitative estimate of drug-likeness (QED) is 0.930. The lowest BCUT2D eigenvalue weighted by atomic mass is 10.1. The summed E-state index contributed by atoms with van der Waals surface area (Å²) in [6.07, 6.45) is 0.848. The summed E-state index contributed by atoms with van der Waals surface area (Å²) < 4.78 is 19.2. The minimum absolute atomic E-state index is 0.299. The van der Waals surface area contributed by atoms with Crippen LogP contribution in [0.3, 0.4) is 0 Å². The van der Waals surface area contributed by atoms with E-state index in [0.29, 0.717) is 22.5 Å². The predicted octanol–water partition coefficient (Wildman–Crippen LogP) is 3.88. The molecule has 4 heteroatoms. The molecule has 0 saturated carbocycles. The highest BCUT2D eigenvalue weighted by Crippen LogP contribution is 2.30. The fourth-order valence-corrected chi connectivity index (χ4v) is 2.01. The Labute approximate surface area is 114 Å². The predicted molar refractivity (Wildman–Crippen MR) is 73.4 cm³/mol. The van der Waals surface area contributed by atoms with Crippen molar-refractivity contribution in [2.24, 2.45) is 5.73 Å². The SMILES string of the molecule is NCCc1ccc(Oc2ccc(F)cc2Br)cc1. The molecule has 0 aromatic heterocycles. The molecule has 0 heterocycles. The Balaban J connectivity index is 2.13.